The third kappa shape index (κ3) is 4.14. The van der Waals surface area contributed by atoms with E-state index in [4.69, 9.17) is 0 Å². The van der Waals surface area contributed by atoms with Crippen molar-refractivity contribution in [2.45, 2.75) is 77.9 Å². The van der Waals surface area contributed by atoms with E-state index in [1.807, 2.05) is 12.4 Å². The summed E-state index contributed by atoms with van der Waals surface area (Å²) in [6.07, 6.45) is 10.4. The molecular weight excluding hydrogens is 348 g/mol. The van der Waals surface area contributed by atoms with Crippen LogP contribution >= 0.6 is 0 Å². The molecule has 2 bridgehead atoms. The van der Waals surface area contributed by atoms with Crippen molar-refractivity contribution in [3.63, 3.8) is 0 Å². The minimum Gasteiger partial charge on any atom is -0.390 e. The van der Waals surface area contributed by atoms with Gasteiger partial charge in [-0.15, -0.1) is 0 Å². The van der Waals surface area contributed by atoms with Crippen LogP contribution in [0.25, 0.3) is 0 Å². The first kappa shape index (κ1) is 19.9. The molecule has 0 aromatic carbocycles. The quantitative estimate of drug-likeness (QED) is 0.806. The fourth-order valence-corrected chi connectivity index (χ4v) is 6.31. The highest BCUT2D eigenvalue weighted by atomic mass is 16.3. The summed E-state index contributed by atoms with van der Waals surface area (Å²) in [6.45, 7) is 11.3. The Morgan fingerprint density at radius 3 is 2.43 bits per heavy atom. The number of anilines is 2. The van der Waals surface area contributed by atoms with E-state index < -0.39 is 5.60 Å². The summed E-state index contributed by atoms with van der Waals surface area (Å²) in [6, 6.07) is 0.402. The highest BCUT2D eigenvalue weighted by Crippen LogP contribution is 2.48. The van der Waals surface area contributed by atoms with E-state index in [2.05, 4.69) is 47.9 Å². The number of rotatable bonds is 4. The molecular formula is C23H38N4O. The maximum atomic E-state index is 10.9. The molecule has 5 heteroatoms. The SMILES string of the molecule is CC1CC2CC(O)(C1)CC(C)C2Nc1cnc(N2CCC(C(C)C)CC2)nc1. The van der Waals surface area contributed by atoms with Gasteiger partial charge in [0.15, 0.2) is 0 Å². The molecule has 2 aliphatic carbocycles. The van der Waals surface area contributed by atoms with Crippen LogP contribution in [0.4, 0.5) is 11.6 Å². The van der Waals surface area contributed by atoms with Gasteiger partial charge in [-0.2, -0.15) is 0 Å². The van der Waals surface area contributed by atoms with E-state index in [1.54, 1.807) is 0 Å². The Balaban J connectivity index is 1.38. The second kappa shape index (κ2) is 7.81. The van der Waals surface area contributed by atoms with Crippen molar-refractivity contribution in [3.8, 4) is 0 Å². The van der Waals surface area contributed by atoms with Gasteiger partial charge in [0.1, 0.15) is 0 Å². The van der Waals surface area contributed by atoms with E-state index in [9.17, 15) is 5.11 Å². The van der Waals surface area contributed by atoms with Crippen LogP contribution in [0.5, 0.6) is 0 Å². The topological polar surface area (TPSA) is 61.3 Å². The molecule has 1 aromatic rings. The highest BCUT2D eigenvalue weighted by Gasteiger charge is 2.47. The third-order valence-electron chi connectivity index (χ3n) is 7.64. The van der Waals surface area contributed by atoms with Crippen molar-refractivity contribution in [2.75, 3.05) is 23.3 Å². The second-order valence-corrected chi connectivity index (χ2v) is 10.4. The van der Waals surface area contributed by atoms with Crippen LogP contribution in [-0.4, -0.2) is 39.8 Å². The van der Waals surface area contributed by atoms with E-state index in [1.165, 1.54) is 19.3 Å². The molecule has 2 N–H and O–H groups in total. The molecule has 0 radical (unpaired) electrons. The Morgan fingerprint density at radius 1 is 1.11 bits per heavy atom. The molecule has 1 aliphatic heterocycles. The molecule has 2 saturated carbocycles. The van der Waals surface area contributed by atoms with Gasteiger partial charge in [-0.3, -0.25) is 0 Å². The Kier molecular flexibility index (Phi) is 5.56. The molecule has 2 heterocycles. The van der Waals surface area contributed by atoms with Gasteiger partial charge in [0.25, 0.3) is 0 Å². The van der Waals surface area contributed by atoms with Crippen LogP contribution in [-0.2, 0) is 0 Å². The Labute approximate surface area is 170 Å². The summed E-state index contributed by atoms with van der Waals surface area (Å²) < 4.78 is 0. The third-order valence-corrected chi connectivity index (χ3v) is 7.64. The number of piperidine rings is 1. The fraction of sp³-hybridized carbons (Fsp3) is 0.826. The molecule has 156 valence electrons. The molecule has 5 unspecified atom stereocenters. The van der Waals surface area contributed by atoms with Gasteiger partial charge < -0.3 is 15.3 Å². The first-order valence-electron chi connectivity index (χ1n) is 11.4. The molecule has 3 aliphatic rings. The molecule has 28 heavy (non-hydrogen) atoms. The summed E-state index contributed by atoms with van der Waals surface area (Å²) in [7, 11) is 0. The molecule has 0 amide bonds. The van der Waals surface area contributed by atoms with E-state index in [0.717, 1.165) is 55.8 Å². The smallest absolute Gasteiger partial charge is 0.225 e. The minimum absolute atomic E-state index is 0.402. The molecule has 1 aromatic heterocycles. The van der Waals surface area contributed by atoms with Gasteiger partial charge in [0, 0.05) is 19.1 Å². The summed E-state index contributed by atoms with van der Waals surface area (Å²) in [5.41, 5.74) is 0.573. The number of fused-ring (bicyclic) bond motifs is 2. The lowest BCUT2D eigenvalue weighted by molar-refractivity contribution is -0.0846. The van der Waals surface area contributed by atoms with Crippen molar-refractivity contribution in [2.24, 2.45) is 29.6 Å². The number of hydrogen-bond donors (Lipinski definition) is 2. The van der Waals surface area contributed by atoms with Crippen LogP contribution in [0.3, 0.4) is 0 Å². The lowest BCUT2D eigenvalue weighted by atomic mass is 9.60. The fourth-order valence-electron chi connectivity index (χ4n) is 6.31. The molecule has 3 fully saturated rings. The molecule has 1 saturated heterocycles. The largest absolute Gasteiger partial charge is 0.390 e. The van der Waals surface area contributed by atoms with E-state index in [0.29, 0.717) is 23.8 Å². The first-order chi connectivity index (χ1) is 13.3. The van der Waals surface area contributed by atoms with Gasteiger partial charge in [0.2, 0.25) is 5.95 Å². The lowest BCUT2D eigenvalue weighted by Gasteiger charge is -2.51. The average molecular weight is 387 g/mol. The Bertz CT molecular complexity index is 651. The number of nitrogens with zero attached hydrogens (tertiary/aromatic N) is 3. The van der Waals surface area contributed by atoms with Crippen LogP contribution in [0.2, 0.25) is 0 Å². The van der Waals surface area contributed by atoms with Crippen molar-refractivity contribution in [1.29, 1.82) is 0 Å². The average Bonchev–Trinajstić information content (AvgIpc) is 2.64. The van der Waals surface area contributed by atoms with Crippen LogP contribution in [0, 0.1) is 29.6 Å². The van der Waals surface area contributed by atoms with Gasteiger partial charge in [-0.25, -0.2) is 9.97 Å². The van der Waals surface area contributed by atoms with Crippen molar-refractivity contribution >= 4 is 11.6 Å². The Hall–Kier alpha value is -1.36. The van der Waals surface area contributed by atoms with E-state index in [-0.39, 0.29) is 0 Å². The lowest BCUT2D eigenvalue weighted by Crippen LogP contribution is -2.53. The monoisotopic (exact) mass is 386 g/mol. The molecule has 5 nitrogen and oxygen atoms in total. The van der Waals surface area contributed by atoms with E-state index >= 15 is 0 Å². The predicted octanol–water partition coefficient (Wildman–Crippen LogP) is 4.34. The molecule has 5 atom stereocenters. The summed E-state index contributed by atoms with van der Waals surface area (Å²) in [4.78, 5) is 11.7. The standard InChI is InChI=1S/C23H38N4O/c1-15(2)18-5-7-27(8-6-18)22-24-13-20(14-25-22)26-21-17(4)11-23(28)10-16(3)9-19(21)12-23/h13-19,21,26,28H,5-12H2,1-4H3. The predicted molar refractivity (Wildman–Crippen MR) is 114 cm³/mol. The van der Waals surface area contributed by atoms with Gasteiger partial charge in [-0.1, -0.05) is 27.7 Å². The summed E-state index contributed by atoms with van der Waals surface area (Å²) in [5, 5.41) is 14.6. The zero-order valence-corrected chi connectivity index (χ0v) is 18.1. The van der Waals surface area contributed by atoms with Crippen molar-refractivity contribution < 1.29 is 5.11 Å². The minimum atomic E-state index is -0.442. The van der Waals surface area contributed by atoms with Crippen LogP contribution in [0.1, 0.15) is 66.2 Å². The summed E-state index contributed by atoms with van der Waals surface area (Å²) >= 11 is 0. The van der Waals surface area contributed by atoms with Crippen LogP contribution < -0.4 is 10.2 Å². The van der Waals surface area contributed by atoms with Gasteiger partial charge >= 0.3 is 0 Å². The maximum Gasteiger partial charge on any atom is 0.225 e. The zero-order chi connectivity index (χ0) is 19.9. The molecule has 4 rings (SSSR count). The number of aliphatic hydroxyl groups is 1. The first-order valence-corrected chi connectivity index (χ1v) is 11.4. The normalized spacial score (nSPS) is 36.6. The number of hydrogen-bond acceptors (Lipinski definition) is 5. The highest BCUT2D eigenvalue weighted by molar-refractivity contribution is 5.44. The van der Waals surface area contributed by atoms with Crippen molar-refractivity contribution in [1.82, 2.24) is 9.97 Å². The maximum absolute atomic E-state index is 10.9. The summed E-state index contributed by atoms with van der Waals surface area (Å²) in [5.74, 6) is 4.07. The van der Waals surface area contributed by atoms with Gasteiger partial charge in [0.05, 0.1) is 23.7 Å². The number of nitrogens with one attached hydrogen (secondary N) is 1. The number of aromatic nitrogens is 2. The van der Waals surface area contributed by atoms with Crippen LogP contribution in [0.15, 0.2) is 12.4 Å². The second-order valence-electron chi connectivity index (χ2n) is 10.4. The Morgan fingerprint density at radius 2 is 1.79 bits per heavy atom. The molecule has 0 spiro atoms. The van der Waals surface area contributed by atoms with Gasteiger partial charge in [-0.05, 0) is 68.1 Å². The van der Waals surface area contributed by atoms with Crippen molar-refractivity contribution in [3.05, 3.63) is 12.4 Å². The zero-order valence-electron chi connectivity index (χ0n) is 18.1.